The van der Waals surface area contributed by atoms with Crippen LogP contribution >= 0.6 is 11.8 Å². The molecule has 1 amide bonds. The van der Waals surface area contributed by atoms with E-state index in [0.717, 1.165) is 41.3 Å². The summed E-state index contributed by atoms with van der Waals surface area (Å²) in [4.78, 5) is 25.1. The molecule has 1 unspecified atom stereocenters. The van der Waals surface area contributed by atoms with E-state index in [4.69, 9.17) is 0 Å². The Bertz CT molecular complexity index is 1040. The molecule has 0 heterocycles. The number of carbonyl (C=O) groups is 2. The molecule has 1 aliphatic rings. The molecule has 0 aromatic heterocycles. The monoisotopic (exact) mass is 525 g/mol. The lowest BCUT2D eigenvalue weighted by Crippen LogP contribution is -2.41. The molecular formula is C30H43N3O3S. The van der Waals surface area contributed by atoms with Gasteiger partial charge in [-0.05, 0) is 72.1 Å². The summed E-state index contributed by atoms with van der Waals surface area (Å²) >= 11 is 1.57. The summed E-state index contributed by atoms with van der Waals surface area (Å²) < 4.78 is 0. The number of rotatable bonds is 13. The highest BCUT2D eigenvalue weighted by Crippen LogP contribution is 2.30. The van der Waals surface area contributed by atoms with Gasteiger partial charge in [0.1, 0.15) is 6.04 Å². The highest BCUT2D eigenvalue weighted by atomic mass is 32.2. The molecule has 1 saturated carbocycles. The number of nitrogens with zero attached hydrogens (tertiary/aromatic N) is 2. The van der Waals surface area contributed by atoms with Crippen LogP contribution in [0.1, 0.15) is 66.4 Å². The Kier molecular flexibility index (Phi) is 11.5. The van der Waals surface area contributed by atoms with Gasteiger partial charge >= 0.3 is 5.97 Å². The summed E-state index contributed by atoms with van der Waals surface area (Å²) in [5.41, 5.74) is 4.54. The highest BCUT2D eigenvalue weighted by Gasteiger charge is 2.23. The van der Waals surface area contributed by atoms with E-state index in [1.165, 1.54) is 38.5 Å². The summed E-state index contributed by atoms with van der Waals surface area (Å²) in [6.07, 6.45) is 10.3. The number of aliphatic carboxylic acids is 1. The van der Waals surface area contributed by atoms with Crippen LogP contribution in [0.4, 0.5) is 0 Å². The fraction of sp³-hybridized carbons (Fsp3) is 0.533. The van der Waals surface area contributed by atoms with E-state index in [2.05, 4.69) is 35.5 Å². The van der Waals surface area contributed by atoms with Crippen molar-refractivity contribution in [3.63, 3.8) is 0 Å². The summed E-state index contributed by atoms with van der Waals surface area (Å²) in [5, 5.41) is 16.9. The first-order valence-electron chi connectivity index (χ1n) is 13.4. The molecule has 0 radical (unpaired) electrons. The maximum atomic E-state index is 13.3. The second-order valence-corrected chi connectivity index (χ2v) is 11.4. The molecule has 7 heteroatoms. The Balaban J connectivity index is 1.86. The van der Waals surface area contributed by atoms with Gasteiger partial charge in [-0.15, -0.1) is 0 Å². The number of hydrogen-bond acceptors (Lipinski definition) is 5. The van der Waals surface area contributed by atoms with Crippen LogP contribution in [0.15, 0.2) is 42.5 Å². The zero-order valence-electron chi connectivity index (χ0n) is 22.8. The third kappa shape index (κ3) is 8.59. The van der Waals surface area contributed by atoms with Crippen molar-refractivity contribution in [2.75, 3.05) is 32.6 Å². The van der Waals surface area contributed by atoms with E-state index < -0.39 is 12.0 Å². The number of benzene rings is 2. The number of hydrazine groups is 1. The van der Waals surface area contributed by atoms with Crippen molar-refractivity contribution in [2.24, 2.45) is 5.92 Å². The molecule has 6 nitrogen and oxygen atoms in total. The van der Waals surface area contributed by atoms with Crippen molar-refractivity contribution in [3.05, 3.63) is 59.2 Å². The number of amides is 1. The van der Waals surface area contributed by atoms with Gasteiger partial charge in [0.15, 0.2) is 0 Å². The van der Waals surface area contributed by atoms with E-state index >= 15 is 0 Å². The van der Waals surface area contributed by atoms with Crippen molar-refractivity contribution in [1.29, 1.82) is 0 Å². The summed E-state index contributed by atoms with van der Waals surface area (Å²) in [7, 11) is 4.18. The second kappa shape index (κ2) is 14.6. The lowest BCUT2D eigenvalue weighted by molar-refractivity contribution is -0.139. The van der Waals surface area contributed by atoms with Gasteiger partial charge in [0.05, 0.1) is 0 Å². The summed E-state index contributed by atoms with van der Waals surface area (Å²) in [6, 6.07) is 13.1. The lowest BCUT2D eigenvalue weighted by atomic mass is 9.87. The van der Waals surface area contributed by atoms with Crippen molar-refractivity contribution in [1.82, 2.24) is 15.3 Å². The van der Waals surface area contributed by atoms with Crippen LogP contribution in [-0.4, -0.2) is 65.7 Å². The van der Waals surface area contributed by atoms with E-state index in [0.29, 0.717) is 17.7 Å². The average Bonchev–Trinajstić information content (AvgIpc) is 2.89. The molecule has 2 N–H and O–H groups in total. The van der Waals surface area contributed by atoms with Gasteiger partial charge in [0.2, 0.25) is 0 Å². The topological polar surface area (TPSA) is 72.9 Å². The van der Waals surface area contributed by atoms with Gasteiger partial charge < -0.3 is 10.4 Å². The molecule has 3 rings (SSSR count). The average molecular weight is 526 g/mol. The smallest absolute Gasteiger partial charge is 0.326 e. The maximum absolute atomic E-state index is 13.3. The van der Waals surface area contributed by atoms with Crippen LogP contribution in [0.25, 0.3) is 11.1 Å². The minimum Gasteiger partial charge on any atom is -0.480 e. The van der Waals surface area contributed by atoms with Crippen LogP contribution in [-0.2, 0) is 11.3 Å². The number of thioether (sulfide) groups is 1. The summed E-state index contributed by atoms with van der Waals surface area (Å²) in [6.45, 7) is 3.81. The van der Waals surface area contributed by atoms with Gasteiger partial charge in [-0.3, -0.25) is 4.79 Å². The minimum absolute atomic E-state index is 0.347. The normalized spacial score (nSPS) is 15.2. The molecule has 2 aromatic rings. The lowest BCUT2D eigenvalue weighted by Gasteiger charge is -2.31. The number of nitrogens with one attached hydrogen (secondary N) is 1. The predicted molar refractivity (Wildman–Crippen MR) is 154 cm³/mol. The van der Waals surface area contributed by atoms with Gasteiger partial charge in [-0.1, -0.05) is 62.4 Å². The zero-order chi connectivity index (χ0) is 26.8. The molecule has 0 bridgehead atoms. The molecule has 1 fully saturated rings. The predicted octanol–water partition coefficient (Wildman–Crippen LogP) is 5.85. The number of carbonyl (C=O) groups excluding carboxylic acids is 1. The van der Waals surface area contributed by atoms with Crippen molar-refractivity contribution >= 4 is 23.6 Å². The van der Waals surface area contributed by atoms with Crippen LogP contribution in [0.2, 0.25) is 0 Å². The third-order valence-corrected chi connectivity index (χ3v) is 8.07. The molecule has 0 aliphatic heterocycles. The van der Waals surface area contributed by atoms with E-state index in [1.54, 1.807) is 11.8 Å². The number of carboxylic acid groups (broad SMARTS) is 1. The Morgan fingerprint density at radius 1 is 1.08 bits per heavy atom. The zero-order valence-corrected chi connectivity index (χ0v) is 23.7. The van der Waals surface area contributed by atoms with Crippen LogP contribution in [0, 0.1) is 12.8 Å². The Morgan fingerprint density at radius 2 is 1.81 bits per heavy atom. The van der Waals surface area contributed by atoms with Crippen LogP contribution < -0.4 is 5.32 Å². The maximum Gasteiger partial charge on any atom is 0.326 e. The van der Waals surface area contributed by atoms with E-state index in [9.17, 15) is 14.7 Å². The second-order valence-electron chi connectivity index (χ2n) is 10.4. The van der Waals surface area contributed by atoms with Crippen molar-refractivity contribution < 1.29 is 14.7 Å². The Labute approximate surface area is 226 Å². The van der Waals surface area contributed by atoms with Crippen LogP contribution in [0.5, 0.6) is 0 Å². The molecule has 0 spiro atoms. The van der Waals surface area contributed by atoms with Gasteiger partial charge in [0.25, 0.3) is 5.91 Å². The standard InChI is InChI=1S/C30H43N3O3S/c1-22-10-8-9-13-25(22)27-20-24(21-33(32(2)3)18-16-23-11-6-5-7-12-23)14-15-26(27)29(34)31-28(30(35)36)17-19-37-4/h8-10,13-15,20,23,28H,5-7,11-12,16-19,21H2,1-4H3,(H,31,34)(H,35,36). The van der Waals surface area contributed by atoms with Gasteiger partial charge in [-0.2, -0.15) is 11.8 Å². The third-order valence-electron chi connectivity index (χ3n) is 7.43. The minimum atomic E-state index is -1.00. The number of aryl methyl sites for hydroxylation is 1. The van der Waals surface area contributed by atoms with E-state index in [-0.39, 0.29) is 5.91 Å². The van der Waals surface area contributed by atoms with Crippen molar-refractivity contribution in [3.8, 4) is 11.1 Å². The first-order valence-corrected chi connectivity index (χ1v) is 14.8. The largest absolute Gasteiger partial charge is 0.480 e. The fourth-order valence-electron chi connectivity index (χ4n) is 5.15. The molecule has 37 heavy (non-hydrogen) atoms. The summed E-state index contributed by atoms with van der Waals surface area (Å²) in [5.74, 6) is 0.136. The van der Waals surface area contributed by atoms with Gasteiger partial charge in [-0.25, -0.2) is 14.8 Å². The first kappa shape index (κ1) is 29.2. The highest BCUT2D eigenvalue weighted by molar-refractivity contribution is 7.98. The molecule has 1 aliphatic carbocycles. The molecule has 1 atom stereocenters. The fourth-order valence-corrected chi connectivity index (χ4v) is 5.62. The molecule has 202 valence electrons. The Morgan fingerprint density at radius 3 is 2.46 bits per heavy atom. The number of hydrogen-bond donors (Lipinski definition) is 2. The molecule has 2 aromatic carbocycles. The van der Waals surface area contributed by atoms with Crippen LogP contribution in [0.3, 0.4) is 0 Å². The quantitative estimate of drug-likeness (QED) is 0.320. The van der Waals surface area contributed by atoms with E-state index in [1.807, 2.05) is 49.6 Å². The van der Waals surface area contributed by atoms with Gasteiger partial charge in [0, 0.05) is 32.7 Å². The van der Waals surface area contributed by atoms with Crippen molar-refractivity contribution in [2.45, 2.75) is 64.5 Å². The molecular weight excluding hydrogens is 482 g/mol. The SMILES string of the molecule is CSCCC(NC(=O)c1ccc(CN(CCC2CCCCC2)N(C)C)cc1-c1ccccc1C)C(=O)O. The Hall–Kier alpha value is -2.35. The first-order chi connectivity index (χ1) is 17.8. The number of carboxylic acids is 1. The molecule has 0 saturated heterocycles.